The minimum absolute atomic E-state index is 0.162. The highest BCUT2D eigenvalue weighted by molar-refractivity contribution is 6.00. The summed E-state index contributed by atoms with van der Waals surface area (Å²) in [5.41, 5.74) is 7.06. The molecule has 0 radical (unpaired) electrons. The molecule has 1 aromatic carbocycles. The molecule has 1 aromatic rings. The number of nitrogens with one attached hydrogen (secondary N) is 1. The zero-order valence-corrected chi connectivity index (χ0v) is 11.3. The molecule has 19 heavy (non-hydrogen) atoms. The molecule has 1 fully saturated rings. The average Bonchev–Trinajstić information content (AvgIpc) is 2.31. The van der Waals surface area contributed by atoms with Gasteiger partial charge in [0, 0.05) is 37.0 Å². The van der Waals surface area contributed by atoms with Crippen LogP contribution in [0, 0.1) is 0 Å². The third kappa shape index (κ3) is 3.05. The molecule has 2 rings (SSSR count). The molecule has 0 aliphatic heterocycles. The molecule has 0 atom stereocenters. The summed E-state index contributed by atoms with van der Waals surface area (Å²) in [4.78, 5) is 25.4. The lowest BCUT2D eigenvalue weighted by Gasteiger charge is -2.26. The van der Waals surface area contributed by atoms with Crippen LogP contribution in [0.25, 0.3) is 0 Å². The van der Waals surface area contributed by atoms with Gasteiger partial charge in [-0.25, -0.2) is 0 Å². The lowest BCUT2D eigenvalue weighted by atomic mass is 9.93. The second kappa shape index (κ2) is 5.30. The molecule has 1 aliphatic rings. The summed E-state index contributed by atoms with van der Waals surface area (Å²) < 4.78 is 0. The molecular formula is C14H19N3O2. The van der Waals surface area contributed by atoms with Crippen molar-refractivity contribution in [3.05, 3.63) is 29.3 Å². The Balaban J connectivity index is 2.20. The van der Waals surface area contributed by atoms with Crippen LogP contribution in [0.5, 0.6) is 0 Å². The van der Waals surface area contributed by atoms with Crippen molar-refractivity contribution in [2.45, 2.75) is 25.3 Å². The van der Waals surface area contributed by atoms with E-state index in [1.165, 1.54) is 4.90 Å². The lowest BCUT2D eigenvalue weighted by Crippen LogP contribution is -2.39. The molecule has 102 valence electrons. The molecule has 5 heteroatoms. The van der Waals surface area contributed by atoms with Crippen molar-refractivity contribution in [3.8, 4) is 0 Å². The molecule has 5 nitrogen and oxygen atoms in total. The van der Waals surface area contributed by atoms with Crippen molar-refractivity contribution in [1.29, 1.82) is 0 Å². The Hall–Kier alpha value is -2.04. The molecule has 1 saturated carbocycles. The monoisotopic (exact) mass is 261 g/mol. The number of nitrogens with two attached hydrogens (primary N) is 1. The number of nitrogens with zero attached hydrogens (tertiary/aromatic N) is 1. The number of amides is 2. The van der Waals surface area contributed by atoms with Crippen LogP contribution >= 0.6 is 0 Å². The molecule has 0 unspecified atom stereocenters. The Bertz CT molecular complexity index is 507. The van der Waals surface area contributed by atoms with E-state index in [1.54, 1.807) is 32.3 Å². The van der Waals surface area contributed by atoms with Crippen LogP contribution in [0.4, 0.5) is 5.69 Å². The summed E-state index contributed by atoms with van der Waals surface area (Å²) in [5, 5.41) is 2.94. The Morgan fingerprint density at radius 1 is 1.21 bits per heavy atom. The maximum atomic E-state index is 12.1. The van der Waals surface area contributed by atoms with Gasteiger partial charge in [-0.3, -0.25) is 9.59 Å². The normalized spacial score (nSPS) is 14.6. The Morgan fingerprint density at radius 2 is 1.84 bits per heavy atom. The van der Waals surface area contributed by atoms with Gasteiger partial charge in [0.2, 0.25) is 0 Å². The van der Waals surface area contributed by atoms with Crippen LogP contribution in [-0.4, -0.2) is 36.9 Å². The van der Waals surface area contributed by atoms with E-state index in [9.17, 15) is 9.59 Å². The first-order chi connectivity index (χ1) is 8.97. The van der Waals surface area contributed by atoms with Gasteiger partial charge in [0.15, 0.2) is 0 Å². The van der Waals surface area contributed by atoms with E-state index in [0.29, 0.717) is 16.8 Å². The summed E-state index contributed by atoms with van der Waals surface area (Å²) in [7, 11) is 3.33. The minimum atomic E-state index is -0.162. The Kier molecular flexibility index (Phi) is 3.74. The van der Waals surface area contributed by atoms with Gasteiger partial charge in [-0.05, 0) is 37.5 Å². The maximum Gasteiger partial charge on any atom is 0.253 e. The van der Waals surface area contributed by atoms with Crippen LogP contribution in [0.15, 0.2) is 18.2 Å². The van der Waals surface area contributed by atoms with E-state index >= 15 is 0 Å². The first-order valence-corrected chi connectivity index (χ1v) is 6.40. The predicted molar refractivity (Wildman–Crippen MR) is 74.0 cm³/mol. The predicted octanol–water partition coefficient (Wildman–Crippen LogP) is 1.25. The fraction of sp³-hybridized carbons (Fsp3) is 0.429. The lowest BCUT2D eigenvalue weighted by molar-refractivity contribution is 0.0827. The van der Waals surface area contributed by atoms with Crippen molar-refractivity contribution in [2.24, 2.45) is 0 Å². The highest BCUT2D eigenvalue weighted by atomic mass is 16.2. The molecular weight excluding hydrogens is 242 g/mol. The number of carbonyl (C=O) groups excluding carboxylic acids is 2. The average molecular weight is 261 g/mol. The van der Waals surface area contributed by atoms with Gasteiger partial charge in [-0.1, -0.05) is 0 Å². The van der Waals surface area contributed by atoms with Crippen molar-refractivity contribution < 1.29 is 9.59 Å². The summed E-state index contributed by atoms with van der Waals surface area (Å²) in [6, 6.07) is 5.04. The van der Waals surface area contributed by atoms with Crippen LogP contribution in [0.2, 0.25) is 0 Å². The van der Waals surface area contributed by atoms with Gasteiger partial charge >= 0.3 is 0 Å². The van der Waals surface area contributed by atoms with Gasteiger partial charge in [0.25, 0.3) is 11.8 Å². The fourth-order valence-electron chi connectivity index (χ4n) is 1.99. The Labute approximate surface area is 112 Å². The van der Waals surface area contributed by atoms with E-state index in [1.807, 2.05) is 0 Å². The molecule has 3 N–H and O–H groups in total. The fourth-order valence-corrected chi connectivity index (χ4v) is 1.99. The third-order valence-corrected chi connectivity index (χ3v) is 3.31. The van der Waals surface area contributed by atoms with Crippen molar-refractivity contribution in [3.63, 3.8) is 0 Å². The number of benzene rings is 1. The molecule has 0 aromatic heterocycles. The first kappa shape index (κ1) is 13.4. The standard InChI is InChI=1S/C14H19N3O2/c1-17(2)14(19)10-6-9(7-11(15)8-10)13(18)16-12-4-3-5-12/h6-8,12H,3-5,15H2,1-2H3,(H,16,18). The van der Waals surface area contributed by atoms with Crippen LogP contribution in [0.1, 0.15) is 40.0 Å². The molecule has 0 spiro atoms. The number of hydrogen-bond acceptors (Lipinski definition) is 3. The topological polar surface area (TPSA) is 75.4 Å². The van der Waals surface area contributed by atoms with Crippen LogP contribution in [-0.2, 0) is 0 Å². The number of anilines is 1. The summed E-state index contributed by atoms with van der Waals surface area (Å²) in [5.74, 6) is -0.324. The zero-order valence-electron chi connectivity index (χ0n) is 11.3. The molecule has 1 aliphatic carbocycles. The minimum Gasteiger partial charge on any atom is -0.399 e. The summed E-state index contributed by atoms with van der Waals surface area (Å²) >= 11 is 0. The molecule has 0 heterocycles. The van der Waals surface area contributed by atoms with Crippen LogP contribution < -0.4 is 11.1 Å². The molecule has 0 saturated heterocycles. The SMILES string of the molecule is CN(C)C(=O)c1cc(N)cc(C(=O)NC2CCC2)c1. The quantitative estimate of drug-likeness (QED) is 0.804. The van der Waals surface area contributed by atoms with Gasteiger partial charge in [0.05, 0.1) is 0 Å². The number of rotatable bonds is 3. The highest BCUT2D eigenvalue weighted by Crippen LogP contribution is 2.19. The van der Waals surface area contributed by atoms with E-state index in [4.69, 9.17) is 5.73 Å². The van der Waals surface area contributed by atoms with E-state index in [2.05, 4.69) is 5.32 Å². The number of nitrogen functional groups attached to an aromatic ring is 1. The highest BCUT2D eigenvalue weighted by Gasteiger charge is 2.21. The summed E-state index contributed by atoms with van der Waals surface area (Å²) in [6.07, 6.45) is 3.21. The second-order valence-corrected chi connectivity index (χ2v) is 5.14. The molecule has 2 amide bonds. The first-order valence-electron chi connectivity index (χ1n) is 6.40. The van der Waals surface area contributed by atoms with Crippen molar-refractivity contribution >= 4 is 17.5 Å². The maximum absolute atomic E-state index is 12.1. The van der Waals surface area contributed by atoms with Crippen molar-refractivity contribution in [2.75, 3.05) is 19.8 Å². The van der Waals surface area contributed by atoms with Gasteiger partial charge in [0.1, 0.15) is 0 Å². The molecule has 0 bridgehead atoms. The smallest absolute Gasteiger partial charge is 0.253 e. The zero-order chi connectivity index (χ0) is 14.0. The van der Waals surface area contributed by atoms with Gasteiger partial charge in [-0.2, -0.15) is 0 Å². The van der Waals surface area contributed by atoms with Crippen LogP contribution in [0.3, 0.4) is 0 Å². The van der Waals surface area contributed by atoms with E-state index < -0.39 is 0 Å². The number of hydrogen-bond donors (Lipinski definition) is 2. The summed E-state index contributed by atoms with van der Waals surface area (Å²) in [6.45, 7) is 0. The van der Waals surface area contributed by atoms with Gasteiger partial charge < -0.3 is 16.0 Å². The second-order valence-electron chi connectivity index (χ2n) is 5.14. The van der Waals surface area contributed by atoms with Crippen molar-refractivity contribution in [1.82, 2.24) is 10.2 Å². The van der Waals surface area contributed by atoms with E-state index in [-0.39, 0.29) is 17.9 Å². The Morgan fingerprint density at radius 3 is 2.37 bits per heavy atom. The third-order valence-electron chi connectivity index (χ3n) is 3.31. The van der Waals surface area contributed by atoms with Gasteiger partial charge in [-0.15, -0.1) is 0 Å². The number of carbonyl (C=O) groups is 2. The van der Waals surface area contributed by atoms with E-state index in [0.717, 1.165) is 19.3 Å². The largest absolute Gasteiger partial charge is 0.399 e.